The Bertz CT molecular complexity index is 1210. The van der Waals surface area contributed by atoms with E-state index in [0.717, 1.165) is 5.56 Å². The van der Waals surface area contributed by atoms with E-state index in [1.807, 2.05) is 30.3 Å². The molecule has 31 heavy (non-hydrogen) atoms. The molecule has 0 aliphatic carbocycles. The molecule has 0 aliphatic rings. The number of rotatable bonds is 6. The summed E-state index contributed by atoms with van der Waals surface area (Å²) in [6, 6.07) is 9.31. The lowest BCUT2D eigenvalue weighted by Gasteiger charge is -2.10. The van der Waals surface area contributed by atoms with Crippen molar-refractivity contribution in [3.63, 3.8) is 0 Å². The highest BCUT2D eigenvalue weighted by atomic mass is 16.5. The largest absolute Gasteiger partial charge is 0.478 e. The number of aryl methyl sites for hydroxylation is 1. The topological polar surface area (TPSA) is 128 Å². The van der Waals surface area contributed by atoms with Crippen LogP contribution in [0.25, 0.3) is 22.5 Å². The summed E-state index contributed by atoms with van der Waals surface area (Å²) in [6.07, 6.45) is 4.74. The Balaban J connectivity index is 1.63. The van der Waals surface area contributed by atoms with Gasteiger partial charge in [0.2, 0.25) is 5.95 Å². The zero-order valence-corrected chi connectivity index (χ0v) is 17.1. The van der Waals surface area contributed by atoms with Crippen molar-refractivity contribution in [2.45, 2.75) is 6.92 Å². The van der Waals surface area contributed by atoms with Crippen LogP contribution >= 0.6 is 0 Å². The van der Waals surface area contributed by atoms with Crippen LogP contribution in [0.4, 0.5) is 11.8 Å². The smallest absolute Gasteiger partial charge is 0.262 e. The molecule has 4 rings (SSSR count). The lowest BCUT2D eigenvalue weighted by Crippen LogP contribution is -2.16. The van der Waals surface area contributed by atoms with Gasteiger partial charge in [-0.3, -0.25) is 4.79 Å². The molecule has 2 N–H and O–H groups in total. The van der Waals surface area contributed by atoms with Gasteiger partial charge in [-0.25, -0.2) is 19.9 Å². The molecular weight excluding hydrogens is 398 g/mol. The zero-order chi connectivity index (χ0) is 21.8. The lowest BCUT2D eigenvalue weighted by atomic mass is 10.1. The number of carbonyl (C=O) groups excluding carboxylic acids is 1. The first-order chi connectivity index (χ1) is 15.1. The molecule has 0 atom stereocenters. The summed E-state index contributed by atoms with van der Waals surface area (Å²) in [7, 11) is 3.18. The normalized spacial score (nSPS) is 10.5. The van der Waals surface area contributed by atoms with Gasteiger partial charge in [-0.15, -0.1) is 0 Å². The molecule has 3 aromatic heterocycles. The fourth-order valence-corrected chi connectivity index (χ4v) is 2.93. The number of anilines is 2. The molecular formula is C21H19N7O3. The summed E-state index contributed by atoms with van der Waals surface area (Å²) in [5.74, 6) is 0.773. The molecule has 0 saturated carbocycles. The second kappa shape index (κ2) is 8.57. The Hall–Kier alpha value is -4.34. The third-order valence-electron chi connectivity index (χ3n) is 4.47. The van der Waals surface area contributed by atoms with E-state index in [-0.39, 0.29) is 11.7 Å². The van der Waals surface area contributed by atoms with Crippen LogP contribution in [0.3, 0.4) is 0 Å². The number of ether oxygens (including phenoxy) is 1. The summed E-state index contributed by atoms with van der Waals surface area (Å²) in [6.45, 7) is 1.68. The molecule has 0 bridgehead atoms. The second-order valence-corrected chi connectivity index (χ2v) is 6.44. The quantitative estimate of drug-likeness (QED) is 0.486. The number of aromatic nitrogens is 5. The van der Waals surface area contributed by atoms with Crippen molar-refractivity contribution in [3.05, 3.63) is 60.2 Å². The van der Waals surface area contributed by atoms with E-state index < -0.39 is 5.91 Å². The van der Waals surface area contributed by atoms with Gasteiger partial charge in [0.25, 0.3) is 11.8 Å². The standard InChI is InChI=1S/C21H19N7O3/c1-12-16(17(28-31-12)13-7-5-4-6-8-13)19(29)27-18-20(30-3)26-15(11-23-18)14-9-24-21(22-2)25-10-14/h4-11H,1-3H3,(H,22,24,25)(H,23,27,29). The van der Waals surface area contributed by atoms with Gasteiger partial charge in [0, 0.05) is 30.6 Å². The van der Waals surface area contributed by atoms with Gasteiger partial charge >= 0.3 is 0 Å². The van der Waals surface area contributed by atoms with Gasteiger partial charge in [0.05, 0.1) is 19.0 Å². The van der Waals surface area contributed by atoms with Gasteiger partial charge in [-0.2, -0.15) is 0 Å². The predicted octanol–water partition coefficient (Wildman–Crippen LogP) is 3.20. The summed E-state index contributed by atoms with van der Waals surface area (Å²) in [4.78, 5) is 30.1. The van der Waals surface area contributed by atoms with Crippen LogP contribution in [0, 0.1) is 6.92 Å². The third kappa shape index (κ3) is 4.04. The third-order valence-corrected chi connectivity index (χ3v) is 4.47. The van der Waals surface area contributed by atoms with E-state index in [1.165, 1.54) is 13.3 Å². The highest BCUT2D eigenvalue weighted by Gasteiger charge is 2.23. The minimum Gasteiger partial charge on any atom is -0.478 e. The van der Waals surface area contributed by atoms with Crippen molar-refractivity contribution in [2.75, 3.05) is 24.8 Å². The number of carbonyl (C=O) groups is 1. The molecule has 0 spiro atoms. The lowest BCUT2D eigenvalue weighted by molar-refractivity contribution is 0.102. The molecule has 0 unspecified atom stereocenters. The molecule has 10 heteroatoms. The fraction of sp³-hybridized carbons (Fsp3) is 0.143. The van der Waals surface area contributed by atoms with Crippen molar-refractivity contribution in [3.8, 4) is 28.4 Å². The molecule has 0 saturated heterocycles. The van der Waals surface area contributed by atoms with Gasteiger partial charge in [0.15, 0.2) is 5.82 Å². The first-order valence-electron chi connectivity index (χ1n) is 9.35. The maximum absolute atomic E-state index is 13.0. The number of hydrogen-bond acceptors (Lipinski definition) is 9. The zero-order valence-electron chi connectivity index (χ0n) is 17.1. The average molecular weight is 417 g/mol. The monoisotopic (exact) mass is 417 g/mol. The van der Waals surface area contributed by atoms with Crippen LogP contribution in [0.15, 0.2) is 53.4 Å². The maximum atomic E-state index is 13.0. The highest BCUT2D eigenvalue weighted by molar-refractivity contribution is 6.08. The van der Waals surface area contributed by atoms with E-state index in [2.05, 4.69) is 35.7 Å². The fourth-order valence-electron chi connectivity index (χ4n) is 2.93. The highest BCUT2D eigenvalue weighted by Crippen LogP contribution is 2.28. The molecule has 1 aromatic carbocycles. The average Bonchev–Trinajstić information content (AvgIpc) is 3.21. The Labute approximate surface area is 177 Å². The van der Waals surface area contributed by atoms with Crippen molar-refractivity contribution in [1.82, 2.24) is 25.1 Å². The molecule has 156 valence electrons. The molecule has 0 radical (unpaired) electrons. The van der Waals surface area contributed by atoms with Gasteiger partial charge in [-0.05, 0) is 6.92 Å². The second-order valence-electron chi connectivity index (χ2n) is 6.44. The first kappa shape index (κ1) is 20.0. The first-order valence-corrected chi connectivity index (χ1v) is 9.35. The van der Waals surface area contributed by atoms with E-state index in [1.54, 1.807) is 26.4 Å². The van der Waals surface area contributed by atoms with Crippen LogP contribution in [0.1, 0.15) is 16.1 Å². The molecule has 0 fully saturated rings. The van der Waals surface area contributed by atoms with Crippen LogP contribution in [0.5, 0.6) is 5.88 Å². The summed E-state index contributed by atoms with van der Waals surface area (Å²) >= 11 is 0. The number of hydrogen-bond donors (Lipinski definition) is 2. The van der Waals surface area contributed by atoms with E-state index in [9.17, 15) is 4.79 Å². The number of nitrogens with zero attached hydrogens (tertiary/aromatic N) is 5. The van der Waals surface area contributed by atoms with Crippen LogP contribution in [-0.4, -0.2) is 45.2 Å². The minimum absolute atomic E-state index is 0.152. The van der Waals surface area contributed by atoms with E-state index >= 15 is 0 Å². The van der Waals surface area contributed by atoms with Crippen molar-refractivity contribution in [1.29, 1.82) is 0 Å². The summed E-state index contributed by atoms with van der Waals surface area (Å²) < 4.78 is 10.6. The van der Waals surface area contributed by atoms with Crippen LogP contribution < -0.4 is 15.4 Å². The van der Waals surface area contributed by atoms with Gasteiger partial charge in [0.1, 0.15) is 17.0 Å². The Morgan fingerprint density at radius 2 is 1.77 bits per heavy atom. The molecule has 1 amide bonds. The van der Waals surface area contributed by atoms with Crippen molar-refractivity contribution < 1.29 is 14.1 Å². The Morgan fingerprint density at radius 1 is 1.03 bits per heavy atom. The SMILES string of the molecule is CNc1ncc(-c2cnc(NC(=O)c3c(-c4ccccc4)noc3C)c(OC)n2)cn1. The summed E-state index contributed by atoms with van der Waals surface area (Å²) in [5, 5.41) is 9.62. The number of methoxy groups -OCH3 is 1. The molecule has 3 heterocycles. The van der Waals surface area contributed by atoms with Crippen molar-refractivity contribution in [2.24, 2.45) is 0 Å². The maximum Gasteiger partial charge on any atom is 0.262 e. The van der Waals surface area contributed by atoms with Crippen LogP contribution in [0.2, 0.25) is 0 Å². The molecule has 0 aliphatic heterocycles. The number of benzene rings is 1. The predicted molar refractivity (Wildman–Crippen MR) is 114 cm³/mol. The molecule has 4 aromatic rings. The van der Waals surface area contributed by atoms with Gasteiger partial charge in [-0.1, -0.05) is 35.5 Å². The Morgan fingerprint density at radius 3 is 2.45 bits per heavy atom. The number of amides is 1. The van der Waals surface area contributed by atoms with Gasteiger partial charge < -0.3 is 19.9 Å². The molecule has 10 nitrogen and oxygen atoms in total. The minimum atomic E-state index is -0.431. The number of nitrogens with one attached hydrogen (secondary N) is 2. The van der Waals surface area contributed by atoms with Crippen molar-refractivity contribution >= 4 is 17.7 Å². The van der Waals surface area contributed by atoms with E-state index in [4.69, 9.17) is 9.26 Å². The summed E-state index contributed by atoms with van der Waals surface area (Å²) in [5.41, 5.74) is 2.69. The van der Waals surface area contributed by atoms with Crippen LogP contribution in [-0.2, 0) is 0 Å². The van der Waals surface area contributed by atoms with E-state index in [0.29, 0.717) is 34.2 Å². The Kier molecular flexibility index (Phi) is 5.52.